The number of benzene rings is 2. The minimum atomic E-state index is -0.332. The number of piperazine rings is 1. The van der Waals surface area contributed by atoms with Crippen LogP contribution in [0.15, 0.2) is 68.7 Å². The lowest BCUT2D eigenvalue weighted by Gasteiger charge is -2.36. The zero-order chi connectivity index (χ0) is 23.8. The SMILES string of the molecule is Cc1cc2oc(=O)cc(CN3CCN(c4cnn(-c5ccccc5)c(=O)c4Cl)CC3)c2cc1C. The maximum absolute atomic E-state index is 12.8. The van der Waals surface area contributed by atoms with Crippen LogP contribution in [-0.2, 0) is 6.54 Å². The van der Waals surface area contributed by atoms with Crippen molar-refractivity contribution in [2.75, 3.05) is 31.1 Å². The smallest absolute Gasteiger partial charge is 0.336 e. The quantitative estimate of drug-likeness (QED) is 0.415. The van der Waals surface area contributed by atoms with Crippen LogP contribution in [0.5, 0.6) is 0 Å². The van der Waals surface area contributed by atoms with Gasteiger partial charge in [0, 0.05) is 44.2 Å². The van der Waals surface area contributed by atoms with Gasteiger partial charge in [0.1, 0.15) is 10.6 Å². The van der Waals surface area contributed by atoms with Gasteiger partial charge in [-0.05, 0) is 54.8 Å². The molecule has 174 valence electrons. The molecule has 4 aromatic rings. The molecule has 0 bridgehead atoms. The van der Waals surface area contributed by atoms with E-state index in [0.717, 1.165) is 29.6 Å². The van der Waals surface area contributed by atoms with E-state index in [1.165, 1.54) is 10.2 Å². The Bertz CT molecular complexity index is 1470. The molecule has 0 atom stereocenters. The first-order valence-electron chi connectivity index (χ1n) is 11.3. The van der Waals surface area contributed by atoms with Crippen LogP contribution >= 0.6 is 11.6 Å². The Hall–Kier alpha value is -3.42. The maximum Gasteiger partial charge on any atom is 0.336 e. The molecular weight excluding hydrogens is 452 g/mol. The number of fused-ring (bicyclic) bond motifs is 1. The van der Waals surface area contributed by atoms with Crippen molar-refractivity contribution >= 4 is 28.3 Å². The van der Waals surface area contributed by atoms with Crippen molar-refractivity contribution in [2.24, 2.45) is 0 Å². The molecule has 0 unspecified atom stereocenters. The average molecular weight is 477 g/mol. The number of halogens is 1. The van der Waals surface area contributed by atoms with Crippen LogP contribution < -0.4 is 16.1 Å². The number of aryl methyl sites for hydroxylation is 2. The summed E-state index contributed by atoms with van der Waals surface area (Å²) in [5.41, 5.74) is 4.52. The number of aromatic nitrogens is 2. The molecule has 1 saturated heterocycles. The summed E-state index contributed by atoms with van der Waals surface area (Å²) in [5.74, 6) is 0. The zero-order valence-electron chi connectivity index (χ0n) is 19.1. The molecule has 3 heterocycles. The van der Waals surface area contributed by atoms with Crippen LogP contribution in [0.1, 0.15) is 16.7 Å². The molecule has 0 saturated carbocycles. The highest BCUT2D eigenvalue weighted by Gasteiger charge is 2.22. The number of nitrogens with zero attached hydrogens (tertiary/aromatic N) is 4. The Balaban J connectivity index is 1.33. The molecule has 0 amide bonds. The highest BCUT2D eigenvalue weighted by Crippen LogP contribution is 2.25. The predicted octanol–water partition coefficient (Wildman–Crippen LogP) is 3.93. The second-order valence-corrected chi connectivity index (χ2v) is 9.06. The molecule has 5 rings (SSSR count). The van der Waals surface area contributed by atoms with Gasteiger partial charge in [-0.2, -0.15) is 9.78 Å². The highest BCUT2D eigenvalue weighted by atomic mass is 35.5. The molecule has 7 nitrogen and oxygen atoms in total. The third kappa shape index (κ3) is 4.24. The first-order valence-corrected chi connectivity index (χ1v) is 11.6. The van der Waals surface area contributed by atoms with Crippen molar-refractivity contribution in [1.29, 1.82) is 0 Å². The van der Waals surface area contributed by atoms with E-state index in [1.54, 1.807) is 12.3 Å². The lowest BCUT2D eigenvalue weighted by atomic mass is 10.0. The molecule has 34 heavy (non-hydrogen) atoms. The second kappa shape index (κ2) is 9.08. The van der Waals surface area contributed by atoms with Crippen molar-refractivity contribution in [1.82, 2.24) is 14.7 Å². The van der Waals surface area contributed by atoms with E-state index in [9.17, 15) is 9.59 Å². The molecule has 1 aliphatic heterocycles. The predicted molar refractivity (Wildman–Crippen MR) is 134 cm³/mol. The van der Waals surface area contributed by atoms with Gasteiger partial charge in [-0.1, -0.05) is 29.8 Å². The summed E-state index contributed by atoms with van der Waals surface area (Å²) in [5, 5.41) is 5.49. The summed E-state index contributed by atoms with van der Waals surface area (Å²) in [7, 11) is 0. The fourth-order valence-electron chi connectivity index (χ4n) is 4.40. The van der Waals surface area contributed by atoms with Crippen molar-refractivity contribution in [2.45, 2.75) is 20.4 Å². The van der Waals surface area contributed by atoms with E-state index in [4.69, 9.17) is 16.0 Å². The zero-order valence-corrected chi connectivity index (χ0v) is 19.9. The standard InChI is InChI=1S/C26H25ClN4O3/c1-17-12-21-19(14-24(32)34-23(21)13-18(17)2)16-29-8-10-30(11-9-29)22-15-28-31(26(33)25(22)27)20-6-4-3-5-7-20/h3-7,12-15H,8-11,16H2,1-2H3. The van der Waals surface area contributed by atoms with Crippen LogP contribution in [-0.4, -0.2) is 40.9 Å². The van der Waals surface area contributed by atoms with E-state index >= 15 is 0 Å². The van der Waals surface area contributed by atoms with Gasteiger partial charge in [0.05, 0.1) is 17.6 Å². The van der Waals surface area contributed by atoms with E-state index in [-0.39, 0.29) is 16.2 Å². The molecule has 2 aromatic carbocycles. The number of hydrogen-bond donors (Lipinski definition) is 0. The summed E-state index contributed by atoms with van der Waals surface area (Å²) < 4.78 is 6.75. The maximum atomic E-state index is 12.8. The molecule has 0 radical (unpaired) electrons. The topological polar surface area (TPSA) is 71.6 Å². The van der Waals surface area contributed by atoms with Crippen molar-refractivity contribution in [3.05, 3.63) is 97.2 Å². The van der Waals surface area contributed by atoms with Crippen LogP contribution in [0.3, 0.4) is 0 Å². The van der Waals surface area contributed by atoms with Crippen LogP contribution in [0.2, 0.25) is 5.02 Å². The molecule has 0 N–H and O–H groups in total. The Morgan fingerprint density at radius 3 is 2.41 bits per heavy atom. The van der Waals surface area contributed by atoms with Gasteiger partial charge < -0.3 is 9.32 Å². The Morgan fingerprint density at radius 1 is 0.971 bits per heavy atom. The van der Waals surface area contributed by atoms with E-state index in [1.807, 2.05) is 43.3 Å². The molecule has 1 aliphatic rings. The van der Waals surface area contributed by atoms with Gasteiger partial charge in [0.15, 0.2) is 0 Å². The van der Waals surface area contributed by atoms with E-state index < -0.39 is 0 Å². The summed E-state index contributed by atoms with van der Waals surface area (Å²) in [6, 6.07) is 14.8. The summed E-state index contributed by atoms with van der Waals surface area (Å²) in [6.45, 7) is 7.67. The number of para-hydroxylation sites is 1. The monoisotopic (exact) mass is 476 g/mol. The number of rotatable bonds is 4. The van der Waals surface area contributed by atoms with E-state index in [0.29, 0.717) is 36.6 Å². The molecule has 2 aromatic heterocycles. The average Bonchev–Trinajstić information content (AvgIpc) is 2.83. The van der Waals surface area contributed by atoms with Gasteiger partial charge in [-0.3, -0.25) is 9.69 Å². The Kier molecular flexibility index (Phi) is 5.98. The van der Waals surface area contributed by atoms with Gasteiger partial charge in [-0.25, -0.2) is 4.79 Å². The number of anilines is 1. The largest absolute Gasteiger partial charge is 0.423 e. The van der Waals surface area contributed by atoms with Gasteiger partial charge >= 0.3 is 5.63 Å². The van der Waals surface area contributed by atoms with Crippen LogP contribution in [0, 0.1) is 13.8 Å². The highest BCUT2D eigenvalue weighted by molar-refractivity contribution is 6.33. The number of hydrogen-bond acceptors (Lipinski definition) is 6. The van der Waals surface area contributed by atoms with Crippen LogP contribution in [0.4, 0.5) is 5.69 Å². The molecular formula is C26H25ClN4O3. The van der Waals surface area contributed by atoms with Crippen molar-refractivity contribution < 1.29 is 4.42 Å². The molecule has 0 aliphatic carbocycles. The van der Waals surface area contributed by atoms with E-state index in [2.05, 4.69) is 27.9 Å². The lowest BCUT2D eigenvalue weighted by molar-refractivity contribution is 0.250. The fourth-order valence-corrected chi connectivity index (χ4v) is 4.65. The lowest BCUT2D eigenvalue weighted by Crippen LogP contribution is -2.46. The summed E-state index contributed by atoms with van der Waals surface area (Å²) in [6.07, 6.45) is 1.66. The molecule has 8 heteroatoms. The summed E-state index contributed by atoms with van der Waals surface area (Å²) >= 11 is 6.48. The van der Waals surface area contributed by atoms with Crippen LogP contribution in [0.25, 0.3) is 16.7 Å². The molecule has 0 spiro atoms. The van der Waals surface area contributed by atoms with Gasteiger partial charge in [0.25, 0.3) is 5.56 Å². The fraction of sp³-hybridized carbons (Fsp3) is 0.269. The Morgan fingerprint density at radius 2 is 1.68 bits per heavy atom. The third-order valence-electron chi connectivity index (χ3n) is 6.45. The van der Waals surface area contributed by atoms with Crippen molar-refractivity contribution in [3.63, 3.8) is 0 Å². The summed E-state index contributed by atoms with van der Waals surface area (Å²) in [4.78, 5) is 29.4. The second-order valence-electron chi connectivity index (χ2n) is 8.68. The first-order chi connectivity index (χ1) is 16.4. The normalized spacial score (nSPS) is 14.6. The van der Waals surface area contributed by atoms with Crippen molar-refractivity contribution in [3.8, 4) is 5.69 Å². The van der Waals surface area contributed by atoms with Gasteiger partial charge in [0.2, 0.25) is 0 Å². The Labute approximate surface area is 201 Å². The minimum Gasteiger partial charge on any atom is -0.423 e. The third-order valence-corrected chi connectivity index (χ3v) is 6.81. The molecule has 1 fully saturated rings. The first kappa shape index (κ1) is 22.4. The van der Waals surface area contributed by atoms with Gasteiger partial charge in [-0.15, -0.1) is 0 Å². The minimum absolute atomic E-state index is 0.171.